The summed E-state index contributed by atoms with van der Waals surface area (Å²) in [6.07, 6.45) is 40.8. The molecule has 0 saturated heterocycles. The van der Waals surface area contributed by atoms with E-state index in [1.807, 2.05) is 0 Å². The molecule has 1 atom stereocenters. The smallest absolute Gasteiger partial charge is 0.306 e. The van der Waals surface area contributed by atoms with Crippen molar-refractivity contribution in [2.45, 2.75) is 265 Å². The van der Waals surface area contributed by atoms with E-state index in [1.165, 1.54) is 154 Å². The van der Waals surface area contributed by atoms with Crippen LogP contribution in [0, 0.1) is 5.92 Å². The van der Waals surface area contributed by atoms with Crippen molar-refractivity contribution in [3.05, 3.63) is 0 Å². The summed E-state index contributed by atoms with van der Waals surface area (Å²) in [6.45, 7) is 8.98. The van der Waals surface area contributed by atoms with Crippen LogP contribution in [0.4, 0.5) is 0 Å². The van der Waals surface area contributed by atoms with Crippen molar-refractivity contribution in [2.75, 3.05) is 13.2 Å². The summed E-state index contributed by atoms with van der Waals surface area (Å²) in [4.78, 5) is 37.7. The predicted molar refractivity (Wildman–Crippen MR) is 224 cm³/mol. The van der Waals surface area contributed by atoms with E-state index in [4.69, 9.17) is 14.2 Å². The number of carbonyl (C=O) groups is 3. The van der Waals surface area contributed by atoms with Crippen LogP contribution >= 0.6 is 0 Å². The van der Waals surface area contributed by atoms with Gasteiger partial charge in [-0.1, -0.05) is 220 Å². The van der Waals surface area contributed by atoms with Crippen molar-refractivity contribution in [2.24, 2.45) is 5.92 Å². The molecule has 0 spiro atoms. The van der Waals surface area contributed by atoms with Crippen molar-refractivity contribution in [1.82, 2.24) is 0 Å². The molecule has 0 aliphatic carbocycles. The number of hydrogen-bond acceptors (Lipinski definition) is 6. The van der Waals surface area contributed by atoms with Crippen LogP contribution in [0.3, 0.4) is 0 Å². The molecule has 0 N–H and O–H groups in total. The van der Waals surface area contributed by atoms with E-state index in [2.05, 4.69) is 27.7 Å². The molecule has 0 unspecified atom stereocenters. The zero-order valence-electron chi connectivity index (χ0n) is 36.0. The summed E-state index contributed by atoms with van der Waals surface area (Å²) < 4.78 is 16.7. The summed E-state index contributed by atoms with van der Waals surface area (Å²) in [5.74, 6) is -0.0296. The van der Waals surface area contributed by atoms with Crippen LogP contribution < -0.4 is 0 Å². The maximum Gasteiger partial charge on any atom is 0.306 e. The third-order valence-corrected chi connectivity index (χ3v) is 10.5. The van der Waals surface area contributed by atoms with Gasteiger partial charge in [-0.25, -0.2) is 0 Å². The lowest BCUT2D eigenvalue weighted by molar-refractivity contribution is -0.167. The minimum absolute atomic E-state index is 0.0636. The van der Waals surface area contributed by atoms with Crippen LogP contribution in [-0.4, -0.2) is 37.2 Å². The van der Waals surface area contributed by atoms with Gasteiger partial charge in [-0.2, -0.15) is 0 Å². The molecule has 0 heterocycles. The summed E-state index contributed by atoms with van der Waals surface area (Å²) in [6, 6.07) is 0. The van der Waals surface area contributed by atoms with Gasteiger partial charge in [-0.05, 0) is 25.2 Å². The number of carbonyl (C=O) groups excluding carboxylic acids is 3. The van der Waals surface area contributed by atoms with Crippen LogP contribution in [-0.2, 0) is 28.6 Å². The van der Waals surface area contributed by atoms with Gasteiger partial charge >= 0.3 is 17.9 Å². The van der Waals surface area contributed by atoms with Gasteiger partial charge in [0.05, 0.1) is 0 Å². The summed E-state index contributed by atoms with van der Waals surface area (Å²) >= 11 is 0. The van der Waals surface area contributed by atoms with Gasteiger partial charge in [-0.3, -0.25) is 14.4 Å². The van der Waals surface area contributed by atoms with Crippen LogP contribution in [0.1, 0.15) is 259 Å². The Morgan fingerprint density at radius 1 is 0.358 bits per heavy atom. The monoisotopic (exact) mass is 751 g/mol. The standard InChI is InChI=1S/C47H90O6/c1-5-7-9-11-13-15-16-19-23-27-31-35-39-46(49)52-42-44(41-51-45(48)38-34-30-26-21-14-12-10-8-6-2)53-47(50)40-36-32-28-24-20-17-18-22-25-29-33-37-43(3)4/h43-44H,5-42H2,1-4H3/t44-/m1/s1. The lowest BCUT2D eigenvalue weighted by Gasteiger charge is -2.18. The molecule has 0 amide bonds. The first-order valence-electron chi connectivity index (χ1n) is 23.4. The number of rotatable bonds is 42. The minimum Gasteiger partial charge on any atom is -0.462 e. The third kappa shape index (κ3) is 41.4. The average molecular weight is 751 g/mol. The zero-order valence-corrected chi connectivity index (χ0v) is 36.0. The van der Waals surface area contributed by atoms with Crippen LogP contribution in [0.2, 0.25) is 0 Å². The molecule has 0 aromatic heterocycles. The van der Waals surface area contributed by atoms with Gasteiger partial charge in [0.15, 0.2) is 6.10 Å². The number of esters is 3. The van der Waals surface area contributed by atoms with Crippen LogP contribution in [0.5, 0.6) is 0 Å². The summed E-state index contributed by atoms with van der Waals surface area (Å²) in [5.41, 5.74) is 0. The van der Waals surface area contributed by atoms with E-state index in [0.717, 1.165) is 63.7 Å². The van der Waals surface area contributed by atoms with E-state index >= 15 is 0 Å². The predicted octanol–water partition coefficient (Wildman–Crippen LogP) is 14.7. The largest absolute Gasteiger partial charge is 0.462 e. The fraction of sp³-hybridized carbons (Fsp3) is 0.936. The highest BCUT2D eigenvalue weighted by Gasteiger charge is 2.19. The van der Waals surface area contributed by atoms with E-state index in [-0.39, 0.29) is 31.1 Å². The zero-order chi connectivity index (χ0) is 38.9. The van der Waals surface area contributed by atoms with Crippen molar-refractivity contribution >= 4 is 17.9 Å². The number of unbranched alkanes of at least 4 members (excludes halogenated alkanes) is 29. The molecule has 0 fully saturated rings. The van der Waals surface area contributed by atoms with Gasteiger partial charge < -0.3 is 14.2 Å². The molecule has 53 heavy (non-hydrogen) atoms. The molecular formula is C47H90O6. The third-order valence-electron chi connectivity index (χ3n) is 10.5. The Morgan fingerprint density at radius 3 is 0.925 bits per heavy atom. The van der Waals surface area contributed by atoms with Crippen molar-refractivity contribution in [1.29, 1.82) is 0 Å². The quantitative estimate of drug-likeness (QED) is 0.0351. The first kappa shape index (κ1) is 51.4. The second kappa shape index (κ2) is 41.6. The summed E-state index contributed by atoms with van der Waals surface area (Å²) in [5, 5.41) is 0. The van der Waals surface area contributed by atoms with Crippen LogP contribution in [0.25, 0.3) is 0 Å². The molecule has 0 bridgehead atoms. The molecule has 0 saturated carbocycles. The molecule has 0 aromatic carbocycles. The van der Waals surface area contributed by atoms with Crippen molar-refractivity contribution in [3.63, 3.8) is 0 Å². The molecule has 0 aliphatic heterocycles. The Kier molecular flexibility index (Phi) is 40.3. The maximum absolute atomic E-state index is 12.7. The second-order valence-electron chi connectivity index (χ2n) is 16.5. The van der Waals surface area contributed by atoms with E-state index < -0.39 is 6.10 Å². The number of hydrogen-bond donors (Lipinski definition) is 0. The fourth-order valence-corrected chi connectivity index (χ4v) is 6.98. The molecular weight excluding hydrogens is 661 g/mol. The Labute approximate surface area is 329 Å². The topological polar surface area (TPSA) is 78.9 Å². The first-order chi connectivity index (χ1) is 25.9. The summed E-state index contributed by atoms with van der Waals surface area (Å²) in [7, 11) is 0. The maximum atomic E-state index is 12.7. The van der Waals surface area contributed by atoms with Crippen LogP contribution in [0.15, 0.2) is 0 Å². The Bertz CT molecular complexity index is 796. The molecule has 314 valence electrons. The van der Waals surface area contributed by atoms with Gasteiger partial charge in [0, 0.05) is 19.3 Å². The Balaban J connectivity index is 4.31. The Morgan fingerprint density at radius 2 is 0.623 bits per heavy atom. The molecule has 0 rings (SSSR count). The number of ether oxygens (including phenoxy) is 3. The fourth-order valence-electron chi connectivity index (χ4n) is 6.98. The lowest BCUT2D eigenvalue weighted by Crippen LogP contribution is -2.30. The van der Waals surface area contributed by atoms with Gasteiger partial charge in [0.1, 0.15) is 13.2 Å². The first-order valence-corrected chi connectivity index (χ1v) is 23.4. The van der Waals surface area contributed by atoms with Gasteiger partial charge in [0.25, 0.3) is 0 Å². The lowest BCUT2D eigenvalue weighted by atomic mass is 10.0. The van der Waals surface area contributed by atoms with Crippen molar-refractivity contribution in [3.8, 4) is 0 Å². The molecule has 0 radical (unpaired) electrons. The SMILES string of the molecule is CCCCCCCCCCCCCCC(=O)OC[C@@H](COC(=O)CCCCCCCCCCC)OC(=O)CCCCCCCCCCCCCC(C)C. The highest BCUT2D eigenvalue weighted by Crippen LogP contribution is 2.16. The highest BCUT2D eigenvalue weighted by molar-refractivity contribution is 5.71. The minimum atomic E-state index is -0.758. The van der Waals surface area contributed by atoms with Gasteiger partial charge in [-0.15, -0.1) is 0 Å². The van der Waals surface area contributed by atoms with Gasteiger partial charge in [0.2, 0.25) is 0 Å². The average Bonchev–Trinajstić information content (AvgIpc) is 3.14. The Hall–Kier alpha value is -1.59. The van der Waals surface area contributed by atoms with Crippen molar-refractivity contribution < 1.29 is 28.6 Å². The normalized spacial score (nSPS) is 11.9. The molecule has 0 aliphatic rings. The van der Waals surface area contributed by atoms with E-state index in [1.54, 1.807) is 0 Å². The molecule has 6 heteroatoms. The van der Waals surface area contributed by atoms with E-state index in [9.17, 15) is 14.4 Å². The molecule has 0 aromatic rings. The van der Waals surface area contributed by atoms with E-state index in [0.29, 0.717) is 19.3 Å². The molecule has 6 nitrogen and oxygen atoms in total. The highest BCUT2D eigenvalue weighted by atomic mass is 16.6. The second-order valence-corrected chi connectivity index (χ2v) is 16.5.